The zero-order chi connectivity index (χ0) is 21.0. The van der Waals surface area contributed by atoms with Crippen molar-refractivity contribution in [2.75, 3.05) is 19.7 Å². The third-order valence-electron chi connectivity index (χ3n) is 3.42. The molecule has 6 nitrogen and oxygen atoms in total. The van der Waals surface area contributed by atoms with Crippen LogP contribution in [0.4, 0.5) is 13.2 Å². The van der Waals surface area contributed by atoms with Crippen LogP contribution in [0.3, 0.4) is 0 Å². The number of alkyl halides is 3. The maximum absolute atomic E-state index is 12.1. The number of guanidine groups is 1. The Labute approximate surface area is 187 Å². The topological polar surface area (TPSA) is 74.8 Å². The Bertz CT molecular complexity index is 623. The molecule has 0 saturated heterocycles. The lowest BCUT2D eigenvalue weighted by Gasteiger charge is -2.12. The molecule has 1 rings (SSSR count). The molecule has 0 aliphatic heterocycles. The van der Waals surface area contributed by atoms with Crippen LogP contribution in [0.1, 0.15) is 38.3 Å². The first-order valence-electron chi connectivity index (χ1n) is 9.23. The highest BCUT2D eigenvalue weighted by Crippen LogP contribution is 2.16. The molecule has 29 heavy (non-hydrogen) atoms. The highest BCUT2D eigenvalue weighted by atomic mass is 127. The molecule has 0 saturated carbocycles. The van der Waals surface area contributed by atoms with Crippen molar-refractivity contribution < 1.29 is 22.7 Å². The molecule has 0 bridgehead atoms. The van der Waals surface area contributed by atoms with Gasteiger partial charge in [-0.15, -0.1) is 24.0 Å². The summed E-state index contributed by atoms with van der Waals surface area (Å²) in [5, 5.41) is 9.02. The molecule has 0 spiro atoms. The summed E-state index contributed by atoms with van der Waals surface area (Å²) >= 11 is 0. The molecule has 0 aliphatic carbocycles. The van der Waals surface area contributed by atoms with Gasteiger partial charge in [-0.25, -0.2) is 4.99 Å². The summed E-state index contributed by atoms with van der Waals surface area (Å²) < 4.78 is 40.9. The standard InChI is InChI=1S/C19H29F3N4O2.HI/c1-4-23-18(24-10-9-17(27)26-14(2)3)25-11-15-5-7-16(8-6-15)12-28-13-19(20,21)22;/h5-8,14H,4,9-13H2,1-3H3,(H,26,27)(H2,23,24,25);1H. The van der Waals surface area contributed by atoms with Crippen LogP contribution in [0.15, 0.2) is 29.3 Å². The first-order valence-corrected chi connectivity index (χ1v) is 9.23. The largest absolute Gasteiger partial charge is 0.411 e. The van der Waals surface area contributed by atoms with Crippen LogP contribution in [0.5, 0.6) is 0 Å². The van der Waals surface area contributed by atoms with Crippen LogP contribution in [-0.4, -0.2) is 43.8 Å². The summed E-state index contributed by atoms with van der Waals surface area (Å²) in [5.74, 6) is 0.569. The number of ether oxygens (including phenoxy) is 1. The Hall–Kier alpha value is -1.56. The predicted octanol–water partition coefficient (Wildman–Crippen LogP) is 3.35. The van der Waals surface area contributed by atoms with Crippen molar-refractivity contribution in [2.24, 2.45) is 4.99 Å². The molecule has 1 amide bonds. The van der Waals surface area contributed by atoms with E-state index in [1.165, 1.54) is 0 Å². The Morgan fingerprint density at radius 3 is 2.31 bits per heavy atom. The number of nitrogens with zero attached hydrogens (tertiary/aromatic N) is 1. The van der Waals surface area contributed by atoms with Gasteiger partial charge in [0.2, 0.25) is 5.91 Å². The second-order valence-corrected chi connectivity index (χ2v) is 6.52. The zero-order valence-electron chi connectivity index (χ0n) is 16.9. The van der Waals surface area contributed by atoms with Crippen LogP contribution in [0, 0.1) is 0 Å². The van der Waals surface area contributed by atoms with Gasteiger partial charge in [0.25, 0.3) is 0 Å². The van der Waals surface area contributed by atoms with E-state index in [1.807, 2.05) is 20.8 Å². The number of aliphatic imine (C=N–C) groups is 1. The molecular weight excluding hydrogens is 500 g/mol. The number of rotatable bonds is 10. The van der Waals surface area contributed by atoms with Gasteiger partial charge in [0.05, 0.1) is 13.2 Å². The summed E-state index contributed by atoms with van der Waals surface area (Å²) in [6, 6.07) is 7.15. The van der Waals surface area contributed by atoms with E-state index >= 15 is 0 Å². The van der Waals surface area contributed by atoms with Crippen LogP contribution < -0.4 is 16.0 Å². The molecular formula is C19H30F3IN4O2. The lowest BCUT2D eigenvalue weighted by Crippen LogP contribution is -2.40. The van der Waals surface area contributed by atoms with Crippen molar-refractivity contribution in [1.29, 1.82) is 0 Å². The average molecular weight is 530 g/mol. The van der Waals surface area contributed by atoms with Gasteiger partial charge in [0.1, 0.15) is 6.61 Å². The zero-order valence-corrected chi connectivity index (χ0v) is 19.3. The number of carbonyl (C=O) groups is 1. The fraction of sp³-hybridized carbons (Fsp3) is 0.579. The number of hydrogen-bond donors (Lipinski definition) is 3. The van der Waals surface area contributed by atoms with Crippen LogP contribution in [-0.2, 0) is 22.7 Å². The second-order valence-electron chi connectivity index (χ2n) is 6.52. The highest BCUT2D eigenvalue weighted by Gasteiger charge is 2.27. The van der Waals surface area contributed by atoms with Crippen LogP contribution in [0.25, 0.3) is 0 Å². The van der Waals surface area contributed by atoms with Crippen LogP contribution >= 0.6 is 24.0 Å². The Kier molecular flexibility index (Phi) is 13.7. The minimum atomic E-state index is -4.32. The average Bonchev–Trinajstić information content (AvgIpc) is 2.59. The number of benzene rings is 1. The number of carbonyl (C=O) groups excluding carboxylic acids is 1. The highest BCUT2D eigenvalue weighted by molar-refractivity contribution is 14.0. The lowest BCUT2D eigenvalue weighted by atomic mass is 10.1. The minimum Gasteiger partial charge on any atom is -0.367 e. The van der Waals surface area contributed by atoms with Crippen molar-refractivity contribution in [1.82, 2.24) is 16.0 Å². The molecule has 0 heterocycles. The molecule has 0 fully saturated rings. The van der Waals surface area contributed by atoms with Crippen molar-refractivity contribution >= 4 is 35.8 Å². The lowest BCUT2D eigenvalue weighted by molar-refractivity contribution is -0.176. The van der Waals surface area contributed by atoms with Gasteiger partial charge in [-0.2, -0.15) is 13.2 Å². The molecule has 3 N–H and O–H groups in total. The normalized spacial score (nSPS) is 11.8. The summed E-state index contributed by atoms with van der Waals surface area (Å²) in [6.07, 6.45) is -3.98. The first-order chi connectivity index (χ1) is 13.2. The first kappa shape index (κ1) is 27.4. The fourth-order valence-corrected chi connectivity index (χ4v) is 2.23. The molecule has 0 atom stereocenters. The van der Waals surface area contributed by atoms with Gasteiger partial charge in [0.15, 0.2) is 5.96 Å². The van der Waals surface area contributed by atoms with E-state index in [0.717, 1.165) is 5.56 Å². The molecule has 10 heteroatoms. The van der Waals surface area contributed by atoms with E-state index in [0.29, 0.717) is 37.6 Å². The SMILES string of the molecule is CCNC(=NCc1ccc(COCC(F)(F)F)cc1)NCCC(=O)NC(C)C.I. The predicted molar refractivity (Wildman–Crippen MR) is 118 cm³/mol. The van der Waals surface area contributed by atoms with Gasteiger partial charge in [-0.05, 0) is 31.9 Å². The van der Waals surface area contributed by atoms with E-state index in [1.54, 1.807) is 24.3 Å². The summed E-state index contributed by atoms with van der Waals surface area (Å²) in [6.45, 7) is 5.95. The van der Waals surface area contributed by atoms with E-state index in [9.17, 15) is 18.0 Å². The smallest absolute Gasteiger partial charge is 0.367 e. The third-order valence-corrected chi connectivity index (χ3v) is 3.42. The Morgan fingerprint density at radius 1 is 1.14 bits per heavy atom. The number of nitrogens with one attached hydrogen (secondary N) is 3. The summed E-state index contributed by atoms with van der Waals surface area (Å²) in [4.78, 5) is 16.1. The van der Waals surface area contributed by atoms with Crippen LogP contribution in [0.2, 0.25) is 0 Å². The van der Waals surface area contributed by atoms with Crippen molar-refractivity contribution in [3.63, 3.8) is 0 Å². The van der Waals surface area contributed by atoms with Gasteiger partial charge >= 0.3 is 6.18 Å². The molecule has 0 radical (unpaired) electrons. The minimum absolute atomic E-state index is 0. The van der Waals surface area contributed by atoms with Crippen molar-refractivity contribution in [2.45, 2.75) is 52.6 Å². The van der Waals surface area contributed by atoms with E-state index in [-0.39, 0.29) is 42.5 Å². The molecule has 166 valence electrons. The van der Waals surface area contributed by atoms with Gasteiger partial charge in [0, 0.05) is 25.6 Å². The summed E-state index contributed by atoms with van der Waals surface area (Å²) in [7, 11) is 0. The van der Waals surface area contributed by atoms with Crippen molar-refractivity contribution in [3.8, 4) is 0 Å². The fourth-order valence-electron chi connectivity index (χ4n) is 2.23. The van der Waals surface area contributed by atoms with Gasteiger partial charge in [-0.1, -0.05) is 24.3 Å². The van der Waals surface area contributed by atoms with Crippen molar-refractivity contribution in [3.05, 3.63) is 35.4 Å². The molecule has 0 aliphatic rings. The molecule has 0 unspecified atom stereocenters. The van der Waals surface area contributed by atoms with Gasteiger partial charge in [-0.3, -0.25) is 4.79 Å². The molecule has 0 aromatic heterocycles. The monoisotopic (exact) mass is 530 g/mol. The third kappa shape index (κ3) is 14.1. The van der Waals surface area contributed by atoms with E-state index < -0.39 is 12.8 Å². The molecule has 1 aromatic rings. The maximum Gasteiger partial charge on any atom is 0.411 e. The Morgan fingerprint density at radius 2 is 1.76 bits per heavy atom. The number of hydrogen-bond acceptors (Lipinski definition) is 3. The van der Waals surface area contributed by atoms with E-state index in [2.05, 4.69) is 25.7 Å². The number of halogens is 4. The second kappa shape index (κ2) is 14.4. The number of amides is 1. The van der Waals surface area contributed by atoms with Gasteiger partial charge < -0.3 is 20.7 Å². The maximum atomic E-state index is 12.1. The molecule has 1 aromatic carbocycles. The summed E-state index contributed by atoms with van der Waals surface area (Å²) in [5.41, 5.74) is 1.58. The van der Waals surface area contributed by atoms with E-state index in [4.69, 9.17) is 0 Å². The quantitative estimate of drug-likeness (QED) is 0.247. The Balaban J connectivity index is 0.00000784.